The van der Waals surface area contributed by atoms with Gasteiger partial charge in [0.25, 0.3) is 0 Å². The molecule has 1 heteroatoms. The third-order valence-electron chi connectivity index (χ3n) is 12.5. The van der Waals surface area contributed by atoms with Crippen LogP contribution in [0.5, 0.6) is 0 Å². The molecule has 0 saturated heterocycles. The number of Topliss-reactive ketones (excluding diaryl/α,β-unsaturated/α-hetero) is 1. The van der Waals surface area contributed by atoms with Gasteiger partial charge in [-0.1, -0.05) is 61.3 Å². The fourth-order valence-electron chi connectivity index (χ4n) is 11.6. The van der Waals surface area contributed by atoms with E-state index in [1.54, 1.807) is 0 Å². The lowest BCUT2D eigenvalue weighted by Crippen LogP contribution is -2.51. The first-order chi connectivity index (χ1) is 14.5. The molecular formula is C30H50O. The predicted molar refractivity (Wildman–Crippen MR) is 130 cm³/mol. The quantitative estimate of drug-likeness (QED) is 0.441. The topological polar surface area (TPSA) is 17.1 Å². The van der Waals surface area contributed by atoms with Crippen molar-refractivity contribution in [1.82, 2.24) is 0 Å². The zero-order chi connectivity index (χ0) is 22.4. The number of rotatable bonds is 4. The first kappa shape index (κ1) is 22.5. The van der Waals surface area contributed by atoms with Crippen molar-refractivity contribution in [1.29, 1.82) is 0 Å². The largest absolute Gasteiger partial charge is 0.299 e. The first-order valence-corrected chi connectivity index (χ1v) is 14.1. The molecular weight excluding hydrogens is 376 g/mol. The average molecular weight is 427 g/mol. The molecule has 0 amide bonds. The van der Waals surface area contributed by atoms with Gasteiger partial charge in [-0.15, -0.1) is 0 Å². The summed E-state index contributed by atoms with van der Waals surface area (Å²) >= 11 is 0. The second-order valence-corrected chi connectivity index (χ2v) is 14.5. The highest BCUT2D eigenvalue weighted by Crippen LogP contribution is 2.88. The van der Waals surface area contributed by atoms with E-state index in [0.29, 0.717) is 39.3 Å². The number of carbonyl (C=O) groups is 1. The fraction of sp³-hybridized carbons (Fsp3) is 0.967. The highest BCUT2D eigenvalue weighted by atomic mass is 16.1. The van der Waals surface area contributed by atoms with Gasteiger partial charge in [-0.05, 0) is 109 Å². The lowest BCUT2D eigenvalue weighted by molar-refractivity contribution is -0.135. The van der Waals surface area contributed by atoms with Crippen molar-refractivity contribution in [2.24, 2.45) is 63.1 Å². The van der Waals surface area contributed by atoms with E-state index in [1.807, 2.05) is 0 Å². The van der Waals surface area contributed by atoms with Crippen LogP contribution in [-0.2, 0) is 4.79 Å². The van der Waals surface area contributed by atoms with Crippen LogP contribution in [0.15, 0.2) is 0 Å². The zero-order valence-electron chi connectivity index (χ0n) is 21.7. The molecule has 5 fully saturated rings. The maximum Gasteiger partial charge on any atom is 0.136 e. The second-order valence-electron chi connectivity index (χ2n) is 14.5. The van der Waals surface area contributed by atoms with E-state index in [-0.39, 0.29) is 0 Å². The molecule has 176 valence electrons. The normalized spacial score (nSPS) is 52.0. The van der Waals surface area contributed by atoms with E-state index >= 15 is 0 Å². The summed E-state index contributed by atoms with van der Waals surface area (Å²) in [5.74, 6) is 6.28. The summed E-state index contributed by atoms with van der Waals surface area (Å²) in [5, 5.41) is 0. The second kappa shape index (κ2) is 7.09. The third-order valence-corrected chi connectivity index (χ3v) is 12.5. The molecule has 0 aromatic rings. The van der Waals surface area contributed by atoms with Gasteiger partial charge in [-0.3, -0.25) is 4.79 Å². The van der Waals surface area contributed by atoms with Gasteiger partial charge in [0.1, 0.15) is 5.78 Å². The first-order valence-electron chi connectivity index (χ1n) is 14.1. The molecule has 0 aliphatic heterocycles. The Bertz CT molecular complexity index is 731. The van der Waals surface area contributed by atoms with Crippen LogP contribution < -0.4 is 0 Å². The van der Waals surface area contributed by atoms with Gasteiger partial charge in [0.05, 0.1) is 0 Å². The van der Waals surface area contributed by atoms with Gasteiger partial charge < -0.3 is 0 Å². The molecule has 5 aliphatic carbocycles. The van der Waals surface area contributed by atoms with Crippen LogP contribution in [0.2, 0.25) is 0 Å². The van der Waals surface area contributed by atoms with Crippen molar-refractivity contribution in [3.8, 4) is 0 Å². The molecule has 31 heavy (non-hydrogen) atoms. The van der Waals surface area contributed by atoms with Crippen LogP contribution in [0.3, 0.4) is 0 Å². The van der Waals surface area contributed by atoms with E-state index in [2.05, 4.69) is 48.5 Å². The minimum absolute atomic E-state index is 0.335. The summed E-state index contributed by atoms with van der Waals surface area (Å²) in [5.41, 5.74) is 2.17. The van der Waals surface area contributed by atoms with Crippen molar-refractivity contribution in [2.45, 2.75) is 119 Å². The van der Waals surface area contributed by atoms with Gasteiger partial charge in [0.2, 0.25) is 0 Å². The highest BCUT2D eigenvalue weighted by molar-refractivity contribution is 5.82. The average Bonchev–Trinajstić information content (AvgIpc) is 3.02. The van der Waals surface area contributed by atoms with Gasteiger partial charge in [-0.2, -0.15) is 0 Å². The SMILES string of the molecule is CCCC(CC(C)(C)C)C1CCC2C3CCC4C(C)C(=O)CCC45C(C)C35CCC12C. The summed E-state index contributed by atoms with van der Waals surface area (Å²) < 4.78 is 0. The molecule has 5 aliphatic rings. The van der Waals surface area contributed by atoms with Crippen molar-refractivity contribution in [3.63, 3.8) is 0 Å². The molecule has 1 nitrogen and oxygen atoms in total. The number of hydrogen-bond donors (Lipinski definition) is 0. The Balaban J connectivity index is 1.44. The molecule has 5 rings (SSSR count). The van der Waals surface area contributed by atoms with E-state index in [1.165, 1.54) is 64.2 Å². The van der Waals surface area contributed by atoms with Crippen molar-refractivity contribution in [3.05, 3.63) is 0 Å². The van der Waals surface area contributed by atoms with Crippen molar-refractivity contribution in [2.75, 3.05) is 0 Å². The van der Waals surface area contributed by atoms with E-state index in [9.17, 15) is 4.79 Å². The van der Waals surface area contributed by atoms with Crippen LogP contribution in [-0.4, -0.2) is 5.78 Å². The summed E-state index contributed by atoms with van der Waals surface area (Å²) in [6.07, 6.45) is 15.0. The van der Waals surface area contributed by atoms with E-state index in [0.717, 1.165) is 36.0 Å². The Morgan fingerprint density at radius 2 is 1.58 bits per heavy atom. The fourth-order valence-corrected chi connectivity index (χ4v) is 11.6. The molecule has 5 saturated carbocycles. The van der Waals surface area contributed by atoms with Crippen LogP contribution in [0, 0.1) is 63.1 Å². The minimum atomic E-state index is 0.335. The Kier molecular flexibility index (Phi) is 5.13. The summed E-state index contributed by atoms with van der Waals surface area (Å²) in [6.45, 7) is 17.4. The Morgan fingerprint density at radius 3 is 2.26 bits per heavy atom. The zero-order valence-corrected chi connectivity index (χ0v) is 21.7. The van der Waals surface area contributed by atoms with E-state index in [4.69, 9.17) is 0 Å². The van der Waals surface area contributed by atoms with Crippen molar-refractivity contribution < 1.29 is 4.79 Å². The minimum Gasteiger partial charge on any atom is -0.299 e. The van der Waals surface area contributed by atoms with Gasteiger partial charge in [0.15, 0.2) is 0 Å². The number of ketones is 1. The molecule has 0 N–H and O–H groups in total. The molecule has 0 heterocycles. The summed E-state index contributed by atoms with van der Waals surface area (Å²) in [4.78, 5) is 12.6. The monoisotopic (exact) mass is 426 g/mol. The molecule has 0 bridgehead atoms. The highest BCUT2D eigenvalue weighted by Gasteiger charge is 2.83. The molecule has 0 radical (unpaired) electrons. The van der Waals surface area contributed by atoms with Gasteiger partial charge in [-0.25, -0.2) is 0 Å². The molecule has 2 spiro atoms. The summed E-state index contributed by atoms with van der Waals surface area (Å²) in [6, 6.07) is 0. The Labute approximate surface area is 192 Å². The van der Waals surface area contributed by atoms with Crippen LogP contribution in [0.4, 0.5) is 0 Å². The number of hydrogen-bond acceptors (Lipinski definition) is 1. The van der Waals surface area contributed by atoms with Crippen LogP contribution in [0.25, 0.3) is 0 Å². The van der Waals surface area contributed by atoms with Crippen LogP contribution in [0.1, 0.15) is 119 Å². The van der Waals surface area contributed by atoms with Gasteiger partial charge in [0, 0.05) is 12.3 Å². The molecule has 0 aromatic carbocycles. The molecule has 10 unspecified atom stereocenters. The predicted octanol–water partition coefficient (Wildman–Crippen LogP) is 8.31. The van der Waals surface area contributed by atoms with Crippen LogP contribution >= 0.6 is 0 Å². The lowest BCUT2D eigenvalue weighted by Gasteiger charge is -2.57. The standard InChI is InChI=1S/C30H50O/c1-8-9-21(18-27(4,5)6)23-11-12-24-25-13-10-22-19(2)26(31)14-15-29(22)20(3)30(25,29)17-16-28(23,24)7/h19-25H,8-18H2,1-7H3. The van der Waals surface area contributed by atoms with E-state index < -0.39 is 0 Å². The Hall–Kier alpha value is -0.330. The molecule has 0 aromatic heterocycles. The maximum atomic E-state index is 12.6. The number of carbonyl (C=O) groups excluding carboxylic acids is 1. The van der Waals surface area contributed by atoms with Gasteiger partial charge >= 0.3 is 0 Å². The maximum absolute atomic E-state index is 12.6. The van der Waals surface area contributed by atoms with Crippen molar-refractivity contribution >= 4 is 5.78 Å². The number of fused-ring (bicyclic) bond motifs is 2. The smallest absolute Gasteiger partial charge is 0.136 e. The third kappa shape index (κ3) is 2.83. The Morgan fingerprint density at radius 1 is 0.935 bits per heavy atom. The lowest BCUT2D eigenvalue weighted by atomic mass is 9.48. The molecule has 10 atom stereocenters. The summed E-state index contributed by atoms with van der Waals surface area (Å²) in [7, 11) is 0.